The number of rotatable bonds is 5. The van der Waals surface area contributed by atoms with Gasteiger partial charge < -0.3 is 20.5 Å². The van der Waals surface area contributed by atoms with E-state index in [1.807, 2.05) is 0 Å². The number of carbonyl (C=O) groups is 1. The van der Waals surface area contributed by atoms with E-state index in [-0.39, 0.29) is 17.7 Å². The van der Waals surface area contributed by atoms with Crippen LogP contribution >= 0.6 is 0 Å². The van der Waals surface area contributed by atoms with Gasteiger partial charge in [-0.25, -0.2) is 0 Å². The maximum atomic E-state index is 12.0. The molecule has 1 amide bonds. The first kappa shape index (κ1) is 13.5. The minimum Gasteiger partial charge on any atom is -0.508 e. The lowest BCUT2D eigenvalue weighted by Crippen LogP contribution is -2.41. The maximum Gasteiger partial charge on any atom is 0.253 e. The summed E-state index contributed by atoms with van der Waals surface area (Å²) in [6.07, 6.45) is 0. The summed E-state index contributed by atoms with van der Waals surface area (Å²) in [5, 5.41) is 9.29. The monoisotopic (exact) mass is 238 g/mol. The number of phenols is 1. The molecule has 94 valence electrons. The summed E-state index contributed by atoms with van der Waals surface area (Å²) in [5.74, 6) is -0.0992. The molecule has 1 rings (SSSR count). The van der Waals surface area contributed by atoms with Gasteiger partial charge in [0, 0.05) is 32.3 Å². The van der Waals surface area contributed by atoms with E-state index < -0.39 is 0 Å². The van der Waals surface area contributed by atoms with Gasteiger partial charge in [-0.2, -0.15) is 0 Å². The topological polar surface area (TPSA) is 75.8 Å². The fourth-order valence-corrected chi connectivity index (χ4v) is 1.56. The van der Waals surface area contributed by atoms with E-state index in [1.165, 1.54) is 17.0 Å². The van der Waals surface area contributed by atoms with Crippen LogP contribution in [0.15, 0.2) is 24.3 Å². The molecule has 0 fully saturated rings. The molecule has 1 atom stereocenters. The third-order valence-corrected chi connectivity index (χ3v) is 2.33. The molecule has 0 aliphatic heterocycles. The Morgan fingerprint density at radius 1 is 1.59 bits per heavy atom. The standard InChI is InChI=1S/C12H18N2O3/c1-14(7-10(13)8-17-2)12(16)9-4-3-5-11(15)6-9/h3-6,10,15H,7-8,13H2,1-2H3. The minimum absolute atomic E-state index is 0.0745. The third kappa shape index (κ3) is 4.05. The number of ether oxygens (including phenoxy) is 1. The van der Waals surface area contributed by atoms with Gasteiger partial charge in [0.05, 0.1) is 6.61 Å². The first-order chi connectivity index (χ1) is 8.04. The largest absolute Gasteiger partial charge is 0.508 e. The normalized spacial score (nSPS) is 12.2. The summed E-state index contributed by atoms with van der Waals surface area (Å²) in [6, 6.07) is 6.02. The van der Waals surface area contributed by atoms with Gasteiger partial charge in [0.15, 0.2) is 0 Å². The third-order valence-electron chi connectivity index (χ3n) is 2.33. The predicted octanol–water partition coefficient (Wildman–Crippen LogP) is 0.438. The zero-order chi connectivity index (χ0) is 12.8. The second kappa shape index (κ2) is 6.22. The van der Waals surface area contributed by atoms with Crippen LogP contribution in [0, 0.1) is 0 Å². The molecule has 0 saturated carbocycles. The smallest absolute Gasteiger partial charge is 0.253 e. The number of methoxy groups -OCH3 is 1. The fraction of sp³-hybridized carbons (Fsp3) is 0.417. The molecule has 5 heteroatoms. The van der Waals surface area contributed by atoms with Gasteiger partial charge >= 0.3 is 0 Å². The summed E-state index contributed by atoms with van der Waals surface area (Å²) in [6.45, 7) is 0.806. The Kier molecular flexibility index (Phi) is 4.93. The minimum atomic E-state index is -0.216. The second-order valence-corrected chi connectivity index (χ2v) is 3.95. The van der Waals surface area contributed by atoms with Crippen LogP contribution in [0.3, 0.4) is 0 Å². The molecule has 1 unspecified atom stereocenters. The van der Waals surface area contributed by atoms with Gasteiger partial charge in [-0.15, -0.1) is 0 Å². The van der Waals surface area contributed by atoms with Crippen LogP contribution in [-0.2, 0) is 4.74 Å². The van der Waals surface area contributed by atoms with E-state index >= 15 is 0 Å². The van der Waals surface area contributed by atoms with Crippen molar-refractivity contribution in [3.8, 4) is 5.75 Å². The van der Waals surface area contributed by atoms with Crippen molar-refractivity contribution in [3.05, 3.63) is 29.8 Å². The number of carbonyl (C=O) groups excluding carboxylic acids is 1. The Bertz CT molecular complexity index is 382. The molecule has 0 heterocycles. The van der Waals surface area contributed by atoms with Gasteiger partial charge in [0.25, 0.3) is 5.91 Å². The number of nitrogens with zero attached hydrogens (tertiary/aromatic N) is 1. The number of amides is 1. The molecular weight excluding hydrogens is 220 g/mol. The second-order valence-electron chi connectivity index (χ2n) is 3.95. The number of hydrogen-bond donors (Lipinski definition) is 2. The predicted molar refractivity (Wildman–Crippen MR) is 64.9 cm³/mol. The number of likely N-dealkylation sites (N-methyl/N-ethyl adjacent to an activating group) is 1. The average molecular weight is 238 g/mol. The zero-order valence-electron chi connectivity index (χ0n) is 10.1. The first-order valence-electron chi connectivity index (χ1n) is 5.33. The fourth-order valence-electron chi connectivity index (χ4n) is 1.56. The Hall–Kier alpha value is -1.59. The van der Waals surface area contributed by atoms with E-state index in [2.05, 4.69) is 0 Å². The van der Waals surface area contributed by atoms with Crippen molar-refractivity contribution < 1.29 is 14.6 Å². The van der Waals surface area contributed by atoms with Crippen LogP contribution < -0.4 is 5.73 Å². The molecule has 0 spiro atoms. The number of benzene rings is 1. The quantitative estimate of drug-likeness (QED) is 0.780. The molecule has 1 aromatic rings. The lowest BCUT2D eigenvalue weighted by molar-refractivity contribution is 0.0764. The summed E-state index contributed by atoms with van der Waals surface area (Å²) in [7, 11) is 3.23. The lowest BCUT2D eigenvalue weighted by atomic mass is 10.2. The van der Waals surface area contributed by atoms with Crippen LogP contribution in [-0.4, -0.2) is 49.3 Å². The zero-order valence-corrected chi connectivity index (χ0v) is 10.1. The van der Waals surface area contributed by atoms with Crippen molar-refractivity contribution in [3.63, 3.8) is 0 Å². The molecule has 0 bridgehead atoms. The van der Waals surface area contributed by atoms with Crippen molar-refractivity contribution in [2.75, 3.05) is 27.3 Å². The van der Waals surface area contributed by atoms with Crippen LogP contribution in [0.4, 0.5) is 0 Å². The van der Waals surface area contributed by atoms with Crippen molar-refractivity contribution in [1.29, 1.82) is 0 Å². The van der Waals surface area contributed by atoms with Gasteiger partial charge in [0.2, 0.25) is 0 Å². The molecule has 3 N–H and O–H groups in total. The van der Waals surface area contributed by atoms with Crippen LogP contribution in [0.25, 0.3) is 0 Å². The SMILES string of the molecule is COCC(N)CN(C)C(=O)c1cccc(O)c1. The van der Waals surface area contributed by atoms with Crippen molar-refractivity contribution in [1.82, 2.24) is 4.90 Å². The molecule has 1 aromatic carbocycles. The highest BCUT2D eigenvalue weighted by Gasteiger charge is 2.14. The molecule has 0 aliphatic rings. The first-order valence-corrected chi connectivity index (χ1v) is 5.33. The summed E-state index contributed by atoms with van der Waals surface area (Å²) in [4.78, 5) is 13.5. The van der Waals surface area contributed by atoms with Crippen LogP contribution in [0.2, 0.25) is 0 Å². The molecule has 5 nitrogen and oxygen atoms in total. The molecular formula is C12H18N2O3. The van der Waals surface area contributed by atoms with Crippen molar-refractivity contribution >= 4 is 5.91 Å². The molecule has 0 saturated heterocycles. The molecule has 0 aromatic heterocycles. The van der Waals surface area contributed by atoms with Crippen molar-refractivity contribution in [2.24, 2.45) is 5.73 Å². The van der Waals surface area contributed by atoms with E-state index in [0.29, 0.717) is 18.7 Å². The Balaban J connectivity index is 2.63. The Morgan fingerprint density at radius 3 is 2.88 bits per heavy atom. The lowest BCUT2D eigenvalue weighted by Gasteiger charge is -2.21. The number of aromatic hydroxyl groups is 1. The van der Waals surface area contributed by atoms with E-state index in [4.69, 9.17) is 10.5 Å². The highest BCUT2D eigenvalue weighted by Crippen LogP contribution is 2.12. The average Bonchev–Trinajstić information content (AvgIpc) is 2.28. The van der Waals surface area contributed by atoms with Crippen molar-refractivity contribution in [2.45, 2.75) is 6.04 Å². The maximum absolute atomic E-state index is 12.0. The van der Waals surface area contributed by atoms with Gasteiger partial charge in [-0.3, -0.25) is 4.79 Å². The summed E-state index contributed by atoms with van der Waals surface area (Å²) < 4.78 is 4.91. The van der Waals surface area contributed by atoms with Gasteiger partial charge in [-0.1, -0.05) is 6.07 Å². The summed E-state index contributed by atoms with van der Waals surface area (Å²) >= 11 is 0. The van der Waals surface area contributed by atoms with Gasteiger partial charge in [-0.05, 0) is 18.2 Å². The van der Waals surface area contributed by atoms with E-state index in [1.54, 1.807) is 26.3 Å². The summed E-state index contributed by atoms with van der Waals surface area (Å²) in [5.41, 5.74) is 6.20. The highest BCUT2D eigenvalue weighted by molar-refractivity contribution is 5.94. The van der Waals surface area contributed by atoms with Crippen LogP contribution in [0.5, 0.6) is 5.75 Å². The molecule has 17 heavy (non-hydrogen) atoms. The Morgan fingerprint density at radius 2 is 2.29 bits per heavy atom. The number of hydrogen-bond acceptors (Lipinski definition) is 4. The highest BCUT2D eigenvalue weighted by atomic mass is 16.5. The van der Waals surface area contributed by atoms with Gasteiger partial charge in [0.1, 0.15) is 5.75 Å². The molecule has 0 radical (unpaired) electrons. The van der Waals surface area contributed by atoms with Crippen LogP contribution in [0.1, 0.15) is 10.4 Å². The number of phenolic OH excluding ortho intramolecular Hbond substituents is 1. The van der Waals surface area contributed by atoms with E-state index in [9.17, 15) is 9.90 Å². The van der Waals surface area contributed by atoms with E-state index in [0.717, 1.165) is 0 Å². The molecule has 0 aliphatic carbocycles. The Labute approximate surface area is 101 Å². The number of nitrogens with two attached hydrogens (primary N) is 1.